The number of carbonyl (C=O) groups excluding carboxylic acids is 5. The lowest BCUT2D eigenvalue weighted by atomic mass is 10.0. The van der Waals surface area contributed by atoms with Crippen LogP contribution in [-0.2, 0) is 24.4 Å². The van der Waals surface area contributed by atoms with Crippen LogP contribution in [0, 0.1) is 6.92 Å². The minimum Gasteiger partial charge on any atom is -0.384 e. The van der Waals surface area contributed by atoms with E-state index in [4.69, 9.17) is 0 Å². The number of carbonyl (C=O) groups is 5. The highest BCUT2D eigenvalue weighted by molar-refractivity contribution is 7.89. The zero-order chi connectivity index (χ0) is 47.7. The number of benzene rings is 3. The summed E-state index contributed by atoms with van der Waals surface area (Å²) in [6, 6.07) is 18.7. The Kier molecular flexibility index (Phi) is 15.5. The molecule has 356 valence electrons. The first kappa shape index (κ1) is 48.5. The summed E-state index contributed by atoms with van der Waals surface area (Å²) >= 11 is 0. The number of piperazine rings is 1. The van der Waals surface area contributed by atoms with Gasteiger partial charge in [0.25, 0.3) is 11.8 Å². The molecule has 19 heteroatoms. The van der Waals surface area contributed by atoms with E-state index in [0.29, 0.717) is 42.8 Å². The number of nitrogens with one attached hydrogen (secondary N) is 6. The second kappa shape index (κ2) is 21.5. The summed E-state index contributed by atoms with van der Waals surface area (Å²) < 4.78 is 28.5. The van der Waals surface area contributed by atoms with Gasteiger partial charge in [-0.2, -0.15) is 4.98 Å². The van der Waals surface area contributed by atoms with Crippen molar-refractivity contribution in [2.75, 3.05) is 66.7 Å². The standard InChI is InChI=1S/C48H61N11O7S/c1-32-30-51-47(55-43(32)52-34-13-11-14-36(29-34)67(65,66)56-48(2,3)4)53-33-17-19-35(20-18-33)58-27-25-57(26-28-58)31-41(61)50-24-10-8-6-5-7-9-23-49-38-16-12-15-37-42(38)46(64)59(45(37)63)39-21-22-40(60)54-44(39)62/h11-20,29-30,39,49,56H,5-10,21-28,31H2,1-4H3,(H,50,61)(H,54,60,62)(H2,51,52,53,55). The van der Waals surface area contributed by atoms with Crippen LogP contribution < -0.4 is 36.2 Å². The van der Waals surface area contributed by atoms with Crippen molar-refractivity contribution in [2.45, 2.75) is 95.5 Å². The predicted octanol–water partition coefficient (Wildman–Crippen LogP) is 5.44. The van der Waals surface area contributed by atoms with E-state index >= 15 is 0 Å². The fraction of sp³-hybridized carbons (Fsp3) is 0.438. The Labute approximate surface area is 392 Å². The molecule has 67 heavy (non-hydrogen) atoms. The summed E-state index contributed by atoms with van der Waals surface area (Å²) in [6.45, 7) is 12.1. The average molecular weight is 936 g/mol. The number of hydrogen-bond donors (Lipinski definition) is 6. The smallest absolute Gasteiger partial charge is 0.264 e. The van der Waals surface area contributed by atoms with Gasteiger partial charge in [0.05, 0.1) is 22.6 Å². The number of unbranched alkanes of at least 4 members (excludes halogenated alkanes) is 5. The number of sulfonamides is 1. The van der Waals surface area contributed by atoms with Gasteiger partial charge in [0.15, 0.2) is 0 Å². The summed E-state index contributed by atoms with van der Waals surface area (Å²) in [5, 5.41) is 15.1. The maximum absolute atomic E-state index is 13.3. The molecule has 0 bridgehead atoms. The van der Waals surface area contributed by atoms with E-state index in [1.165, 1.54) is 0 Å². The minimum absolute atomic E-state index is 0.0364. The quantitative estimate of drug-likeness (QED) is 0.0480. The monoisotopic (exact) mass is 935 g/mol. The van der Waals surface area contributed by atoms with Gasteiger partial charge in [-0.1, -0.05) is 37.8 Å². The van der Waals surface area contributed by atoms with Gasteiger partial charge in [0, 0.05) is 85.7 Å². The first-order chi connectivity index (χ1) is 32.0. The second-order valence-electron chi connectivity index (χ2n) is 18.2. The molecule has 4 heterocycles. The Morgan fingerprint density at radius 1 is 0.821 bits per heavy atom. The van der Waals surface area contributed by atoms with Crippen molar-refractivity contribution in [2.24, 2.45) is 0 Å². The maximum Gasteiger partial charge on any atom is 0.264 e. The molecule has 18 nitrogen and oxygen atoms in total. The van der Waals surface area contributed by atoms with Crippen LogP contribution in [-0.4, -0.2) is 115 Å². The topological polar surface area (TPSA) is 227 Å². The van der Waals surface area contributed by atoms with Crippen molar-refractivity contribution in [3.8, 4) is 0 Å². The van der Waals surface area contributed by atoms with E-state index in [0.717, 1.165) is 86.5 Å². The summed E-state index contributed by atoms with van der Waals surface area (Å²) in [5.74, 6) is -1.09. The molecule has 7 rings (SSSR count). The van der Waals surface area contributed by atoms with E-state index < -0.39 is 45.2 Å². The molecule has 2 fully saturated rings. The SMILES string of the molecule is Cc1cnc(Nc2ccc(N3CCN(CC(=O)NCCCCCCCCNc4cccc5c4C(=O)N(C4CCC(=O)NC4=O)C5=O)CC3)cc2)nc1Nc1cccc(S(=O)(=O)NC(C)(C)C)c1. The van der Waals surface area contributed by atoms with Gasteiger partial charge in [0.2, 0.25) is 33.7 Å². The number of imide groups is 2. The predicted molar refractivity (Wildman–Crippen MR) is 257 cm³/mol. The zero-order valence-corrected chi connectivity index (χ0v) is 39.4. The van der Waals surface area contributed by atoms with E-state index in [1.54, 1.807) is 69.4 Å². The van der Waals surface area contributed by atoms with Gasteiger partial charge in [-0.15, -0.1) is 0 Å². The van der Waals surface area contributed by atoms with Crippen LogP contribution in [0.5, 0.6) is 0 Å². The van der Waals surface area contributed by atoms with Gasteiger partial charge in [-0.25, -0.2) is 18.1 Å². The van der Waals surface area contributed by atoms with Crippen LogP contribution in [0.4, 0.5) is 34.5 Å². The fourth-order valence-corrected chi connectivity index (χ4v) is 9.81. The normalized spacial score (nSPS) is 16.7. The molecule has 2 saturated heterocycles. The molecule has 1 unspecified atom stereocenters. The third-order valence-electron chi connectivity index (χ3n) is 11.8. The molecule has 6 N–H and O–H groups in total. The number of amides is 5. The molecule has 3 aliphatic rings. The molecule has 1 atom stereocenters. The summed E-state index contributed by atoms with van der Waals surface area (Å²) in [6.07, 6.45) is 7.78. The molecule has 0 spiro atoms. The first-order valence-electron chi connectivity index (χ1n) is 23.0. The maximum atomic E-state index is 13.3. The molecule has 0 aliphatic carbocycles. The molecular formula is C48H61N11O7S. The lowest BCUT2D eigenvalue weighted by Crippen LogP contribution is -2.54. The third-order valence-corrected chi connectivity index (χ3v) is 13.5. The Balaban J connectivity index is 0.753. The number of rotatable bonds is 20. The number of nitrogens with zero attached hydrogens (tertiary/aromatic N) is 5. The average Bonchev–Trinajstić information content (AvgIpc) is 3.54. The van der Waals surface area contributed by atoms with E-state index in [9.17, 15) is 32.4 Å². The van der Waals surface area contributed by atoms with Gasteiger partial charge in [-0.3, -0.25) is 39.1 Å². The highest BCUT2D eigenvalue weighted by Gasteiger charge is 2.45. The lowest BCUT2D eigenvalue weighted by molar-refractivity contribution is -0.136. The number of piperidine rings is 1. The van der Waals surface area contributed by atoms with Crippen molar-refractivity contribution >= 4 is 74.1 Å². The van der Waals surface area contributed by atoms with E-state index in [-0.39, 0.29) is 34.8 Å². The lowest BCUT2D eigenvalue weighted by Gasteiger charge is -2.35. The van der Waals surface area contributed by atoms with Crippen LogP contribution in [0.25, 0.3) is 0 Å². The number of fused-ring (bicyclic) bond motifs is 1. The van der Waals surface area contributed by atoms with Crippen LogP contribution in [0.3, 0.4) is 0 Å². The summed E-state index contributed by atoms with van der Waals surface area (Å²) in [7, 11) is -3.71. The Morgan fingerprint density at radius 2 is 1.52 bits per heavy atom. The van der Waals surface area contributed by atoms with E-state index in [2.05, 4.69) is 63.2 Å². The molecule has 0 radical (unpaired) electrons. The van der Waals surface area contributed by atoms with Gasteiger partial charge in [0.1, 0.15) is 11.9 Å². The van der Waals surface area contributed by atoms with Gasteiger partial charge in [-0.05, 0) is 102 Å². The van der Waals surface area contributed by atoms with Crippen LogP contribution in [0.1, 0.15) is 98.4 Å². The molecular weight excluding hydrogens is 875 g/mol. The van der Waals surface area contributed by atoms with Crippen LogP contribution in [0.2, 0.25) is 0 Å². The molecule has 3 aliphatic heterocycles. The first-order valence-corrected chi connectivity index (χ1v) is 24.5. The van der Waals surface area contributed by atoms with Crippen molar-refractivity contribution in [1.82, 2.24) is 35.1 Å². The molecule has 3 aromatic carbocycles. The largest absolute Gasteiger partial charge is 0.384 e. The molecule has 0 saturated carbocycles. The fourth-order valence-electron chi connectivity index (χ4n) is 8.35. The Bertz CT molecular complexity index is 2580. The van der Waals surface area contributed by atoms with Crippen molar-refractivity contribution in [3.63, 3.8) is 0 Å². The summed E-state index contributed by atoms with van der Waals surface area (Å²) in [4.78, 5) is 77.8. The number of hydrogen-bond acceptors (Lipinski definition) is 14. The third kappa shape index (κ3) is 12.7. The Hall–Kier alpha value is -6.44. The zero-order valence-electron chi connectivity index (χ0n) is 38.6. The number of aromatic nitrogens is 2. The van der Waals surface area contributed by atoms with Crippen LogP contribution in [0.15, 0.2) is 77.8 Å². The van der Waals surface area contributed by atoms with Crippen molar-refractivity contribution < 1.29 is 32.4 Å². The van der Waals surface area contributed by atoms with Gasteiger partial charge < -0.3 is 26.2 Å². The van der Waals surface area contributed by atoms with Gasteiger partial charge >= 0.3 is 0 Å². The number of anilines is 6. The highest BCUT2D eigenvalue weighted by atomic mass is 32.2. The van der Waals surface area contributed by atoms with Crippen molar-refractivity contribution in [1.29, 1.82) is 0 Å². The minimum atomic E-state index is -3.71. The highest BCUT2D eigenvalue weighted by Crippen LogP contribution is 2.33. The number of aryl methyl sites for hydroxylation is 1. The molecule has 5 amide bonds. The van der Waals surface area contributed by atoms with Crippen molar-refractivity contribution in [3.05, 3.63) is 89.6 Å². The summed E-state index contributed by atoms with van der Waals surface area (Å²) in [5.41, 5.74) is 3.76. The van der Waals surface area contributed by atoms with Crippen LogP contribution >= 0.6 is 0 Å². The molecule has 4 aromatic rings. The molecule has 1 aromatic heterocycles. The van der Waals surface area contributed by atoms with E-state index in [1.807, 2.05) is 19.1 Å². The second-order valence-corrected chi connectivity index (χ2v) is 19.9. The Morgan fingerprint density at radius 3 is 2.24 bits per heavy atom.